The second-order valence-electron chi connectivity index (χ2n) is 4.51. The first-order valence-corrected chi connectivity index (χ1v) is 6.26. The standard InChI is InChI=1S/C16H15FN2O/c1-12-3-2-4-14(9-12)11-18-19-16(20)10-13-5-7-15(17)8-6-13/h2-9,11H,10H2,1H3,(H,19,20)/b18-11+. The van der Waals surface area contributed by atoms with Gasteiger partial charge in [0.1, 0.15) is 5.82 Å². The van der Waals surface area contributed by atoms with Crippen molar-refractivity contribution in [3.63, 3.8) is 0 Å². The minimum atomic E-state index is -0.313. The maximum atomic E-state index is 12.7. The van der Waals surface area contributed by atoms with Crippen LogP contribution in [0.15, 0.2) is 53.6 Å². The van der Waals surface area contributed by atoms with Gasteiger partial charge in [-0.3, -0.25) is 4.79 Å². The first-order chi connectivity index (χ1) is 9.63. The Kier molecular flexibility index (Phi) is 4.60. The zero-order chi connectivity index (χ0) is 14.4. The molecule has 2 aromatic carbocycles. The van der Waals surface area contributed by atoms with Gasteiger partial charge in [0.25, 0.3) is 0 Å². The number of benzene rings is 2. The van der Waals surface area contributed by atoms with Crippen LogP contribution in [0.4, 0.5) is 4.39 Å². The van der Waals surface area contributed by atoms with Crippen molar-refractivity contribution in [2.75, 3.05) is 0 Å². The van der Waals surface area contributed by atoms with E-state index in [4.69, 9.17) is 0 Å². The molecule has 0 spiro atoms. The normalized spacial score (nSPS) is 10.7. The van der Waals surface area contributed by atoms with Crippen LogP contribution in [-0.4, -0.2) is 12.1 Å². The molecule has 0 heterocycles. The lowest BCUT2D eigenvalue weighted by atomic mass is 10.1. The third-order valence-corrected chi connectivity index (χ3v) is 2.72. The Morgan fingerprint density at radius 3 is 2.70 bits per heavy atom. The van der Waals surface area contributed by atoms with Gasteiger partial charge in [0.15, 0.2) is 0 Å². The van der Waals surface area contributed by atoms with E-state index in [-0.39, 0.29) is 18.1 Å². The Balaban J connectivity index is 1.87. The van der Waals surface area contributed by atoms with Gasteiger partial charge >= 0.3 is 0 Å². The molecule has 0 aliphatic carbocycles. The van der Waals surface area contributed by atoms with E-state index < -0.39 is 0 Å². The van der Waals surface area contributed by atoms with Crippen molar-refractivity contribution in [3.8, 4) is 0 Å². The van der Waals surface area contributed by atoms with Gasteiger partial charge in [-0.2, -0.15) is 5.10 Å². The summed E-state index contributed by atoms with van der Waals surface area (Å²) in [4.78, 5) is 11.6. The van der Waals surface area contributed by atoms with Crippen LogP contribution in [0.5, 0.6) is 0 Å². The molecule has 0 bridgehead atoms. The van der Waals surface area contributed by atoms with Crippen LogP contribution in [0.2, 0.25) is 0 Å². The smallest absolute Gasteiger partial charge is 0.244 e. The summed E-state index contributed by atoms with van der Waals surface area (Å²) in [5, 5.41) is 3.90. The first kappa shape index (κ1) is 13.9. The maximum absolute atomic E-state index is 12.7. The molecule has 20 heavy (non-hydrogen) atoms. The number of aryl methyl sites for hydroxylation is 1. The molecule has 0 fully saturated rings. The fraction of sp³-hybridized carbons (Fsp3) is 0.125. The number of hydrazone groups is 1. The number of rotatable bonds is 4. The summed E-state index contributed by atoms with van der Waals surface area (Å²) >= 11 is 0. The van der Waals surface area contributed by atoms with Crippen molar-refractivity contribution < 1.29 is 9.18 Å². The van der Waals surface area contributed by atoms with Crippen LogP contribution in [-0.2, 0) is 11.2 Å². The summed E-state index contributed by atoms with van der Waals surface area (Å²) in [7, 11) is 0. The first-order valence-electron chi connectivity index (χ1n) is 6.26. The van der Waals surface area contributed by atoms with Gasteiger partial charge in [0.2, 0.25) is 5.91 Å². The van der Waals surface area contributed by atoms with E-state index in [0.717, 1.165) is 16.7 Å². The average Bonchev–Trinajstić information content (AvgIpc) is 2.41. The number of nitrogens with zero attached hydrogens (tertiary/aromatic N) is 1. The monoisotopic (exact) mass is 270 g/mol. The maximum Gasteiger partial charge on any atom is 0.244 e. The van der Waals surface area contributed by atoms with Crippen molar-refractivity contribution in [1.82, 2.24) is 5.43 Å². The third-order valence-electron chi connectivity index (χ3n) is 2.72. The molecule has 1 amide bonds. The van der Waals surface area contributed by atoms with Gasteiger partial charge in [-0.05, 0) is 30.2 Å². The molecule has 2 aromatic rings. The van der Waals surface area contributed by atoms with Crippen LogP contribution in [0, 0.1) is 12.7 Å². The van der Waals surface area contributed by atoms with E-state index in [1.165, 1.54) is 12.1 Å². The molecular formula is C16H15FN2O. The molecule has 1 N–H and O–H groups in total. The molecule has 0 atom stereocenters. The molecule has 0 unspecified atom stereocenters. The third kappa shape index (κ3) is 4.31. The highest BCUT2D eigenvalue weighted by atomic mass is 19.1. The van der Waals surface area contributed by atoms with Gasteiger partial charge in [-0.1, -0.05) is 42.0 Å². The lowest BCUT2D eigenvalue weighted by Crippen LogP contribution is -2.19. The zero-order valence-electron chi connectivity index (χ0n) is 11.1. The van der Waals surface area contributed by atoms with Gasteiger partial charge < -0.3 is 0 Å². The van der Waals surface area contributed by atoms with Gasteiger partial charge in [-0.25, -0.2) is 9.82 Å². The van der Waals surface area contributed by atoms with E-state index in [9.17, 15) is 9.18 Å². The van der Waals surface area contributed by atoms with Crippen molar-refractivity contribution >= 4 is 12.1 Å². The highest BCUT2D eigenvalue weighted by Crippen LogP contribution is 2.03. The number of nitrogens with one attached hydrogen (secondary N) is 1. The Bertz CT molecular complexity index is 621. The van der Waals surface area contributed by atoms with Crippen LogP contribution in [0.3, 0.4) is 0 Å². The van der Waals surface area contributed by atoms with Gasteiger partial charge in [0, 0.05) is 0 Å². The fourth-order valence-electron chi connectivity index (χ4n) is 1.76. The Labute approximate surface area is 117 Å². The molecule has 102 valence electrons. The number of hydrogen-bond donors (Lipinski definition) is 1. The highest BCUT2D eigenvalue weighted by Gasteiger charge is 2.01. The van der Waals surface area contributed by atoms with Crippen LogP contribution < -0.4 is 5.43 Å². The Hall–Kier alpha value is -2.49. The molecule has 2 rings (SSSR count). The van der Waals surface area contributed by atoms with E-state index in [1.54, 1.807) is 18.3 Å². The molecule has 0 aliphatic heterocycles. The fourth-order valence-corrected chi connectivity index (χ4v) is 1.76. The molecule has 0 saturated heterocycles. The summed E-state index contributed by atoms with van der Waals surface area (Å²) in [5.74, 6) is -0.549. The van der Waals surface area contributed by atoms with Gasteiger partial charge in [-0.15, -0.1) is 0 Å². The minimum Gasteiger partial charge on any atom is -0.273 e. The summed E-state index contributed by atoms with van der Waals surface area (Å²) in [6.07, 6.45) is 1.76. The SMILES string of the molecule is Cc1cccc(/C=N/NC(=O)Cc2ccc(F)cc2)c1. The summed E-state index contributed by atoms with van der Waals surface area (Å²) in [6.45, 7) is 1.99. The topological polar surface area (TPSA) is 41.5 Å². The number of carbonyl (C=O) groups is 1. The lowest BCUT2D eigenvalue weighted by molar-refractivity contribution is -0.120. The lowest BCUT2D eigenvalue weighted by Gasteiger charge is -2.00. The molecule has 0 aromatic heterocycles. The predicted molar refractivity (Wildman–Crippen MR) is 77.0 cm³/mol. The molecule has 0 aliphatic rings. The quantitative estimate of drug-likeness (QED) is 0.673. The van der Waals surface area contributed by atoms with E-state index in [0.29, 0.717) is 0 Å². The second-order valence-corrected chi connectivity index (χ2v) is 4.51. The average molecular weight is 270 g/mol. The van der Waals surface area contributed by atoms with Crippen molar-refractivity contribution in [2.45, 2.75) is 13.3 Å². The van der Waals surface area contributed by atoms with Crippen LogP contribution in [0.1, 0.15) is 16.7 Å². The Morgan fingerprint density at radius 1 is 1.25 bits per heavy atom. The molecule has 0 radical (unpaired) electrons. The highest BCUT2D eigenvalue weighted by molar-refractivity contribution is 5.83. The summed E-state index contributed by atoms with van der Waals surface area (Å²) < 4.78 is 12.7. The van der Waals surface area contributed by atoms with E-state index >= 15 is 0 Å². The van der Waals surface area contributed by atoms with Gasteiger partial charge in [0.05, 0.1) is 12.6 Å². The number of hydrogen-bond acceptors (Lipinski definition) is 2. The molecule has 0 saturated carbocycles. The van der Waals surface area contributed by atoms with Crippen molar-refractivity contribution in [3.05, 3.63) is 71.0 Å². The number of halogens is 1. The zero-order valence-corrected chi connectivity index (χ0v) is 11.1. The van der Waals surface area contributed by atoms with Crippen molar-refractivity contribution in [1.29, 1.82) is 0 Å². The second kappa shape index (κ2) is 6.61. The summed E-state index contributed by atoms with van der Waals surface area (Å²) in [6, 6.07) is 13.6. The molecular weight excluding hydrogens is 255 g/mol. The van der Waals surface area contributed by atoms with Crippen LogP contribution in [0.25, 0.3) is 0 Å². The largest absolute Gasteiger partial charge is 0.273 e. The minimum absolute atomic E-state index is 0.172. The Morgan fingerprint density at radius 2 is 2.00 bits per heavy atom. The predicted octanol–water partition coefficient (Wildman–Crippen LogP) is 2.83. The van der Waals surface area contributed by atoms with E-state index in [1.807, 2.05) is 31.2 Å². The number of carbonyl (C=O) groups excluding carboxylic acids is 1. The molecule has 4 heteroatoms. The van der Waals surface area contributed by atoms with E-state index in [2.05, 4.69) is 10.5 Å². The molecule has 3 nitrogen and oxygen atoms in total. The van der Waals surface area contributed by atoms with Crippen molar-refractivity contribution in [2.24, 2.45) is 5.10 Å². The number of amides is 1. The summed E-state index contributed by atoms with van der Waals surface area (Å²) in [5.41, 5.74) is 5.25. The van der Waals surface area contributed by atoms with Crippen LogP contribution >= 0.6 is 0 Å².